The predicted octanol–water partition coefficient (Wildman–Crippen LogP) is 3.18. The van der Waals surface area contributed by atoms with Crippen LogP contribution in [-0.2, 0) is 22.7 Å². The van der Waals surface area contributed by atoms with E-state index in [2.05, 4.69) is 9.47 Å². The van der Waals surface area contributed by atoms with Crippen LogP contribution in [0.3, 0.4) is 0 Å². The second-order valence-corrected chi connectivity index (χ2v) is 4.98. The van der Waals surface area contributed by atoms with E-state index in [9.17, 15) is 19.2 Å². The van der Waals surface area contributed by atoms with Crippen LogP contribution in [-0.4, -0.2) is 34.6 Å². The second kappa shape index (κ2) is 12.3. The average Bonchev–Trinajstić information content (AvgIpc) is 2.66. The van der Waals surface area contributed by atoms with Crippen LogP contribution >= 0.6 is 0 Å². The summed E-state index contributed by atoms with van der Waals surface area (Å²) in [6, 6.07) is 18.0. The Labute approximate surface area is 159 Å². The summed E-state index contributed by atoms with van der Waals surface area (Å²) in [4.78, 5) is 41.4. The number of amides is 4. The minimum atomic E-state index is -1.43. The van der Waals surface area contributed by atoms with Gasteiger partial charge in [0.25, 0.3) is 0 Å². The average molecular weight is 390 g/mol. The number of rotatable bonds is 4. The molecule has 0 radical (unpaired) electrons. The highest BCUT2D eigenvalue weighted by Gasteiger charge is 2.06. The first kappa shape index (κ1) is 22.0. The number of ether oxygens (including phenoxy) is 2. The van der Waals surface area contributed by atoms with E-state index in [-0.39, 0.29) is 13.2 Å². The van der Waals surface area contributed by atoms with Crippen molar-refractivity contribution in [1.29, 1.82) is 0 Å². The number of carbonyl (C=O) groups excluding carboxylic acids is 2. The van der Waals surface area contributed by atoms with Gasteiger partial charge >= 0.3 is 24.4 Å². The van der Waals surface area contributed by atoms with Gasteiger partial charge in [-0.2, -0.15) is 0 Å². The molecule has 0 fully saturated rings. The minimum absolute atomic E-state index is 0.0555. The maximum Gasteiger partial charge on any atom is 0.416 e. The van der Waals surface area contributed by atoms with E-state index in [1.54, 1.807) is 59.2 Å². The van der Waals surface area contributed by atoms with Gasteiger partial charge in [0.2, 0.25) is 0 Å². The van der Waals surface area contributed by atoms with E-state index in [1.165, 1.54) is 0 Å². The zero-order valence-corrected chi connectivity index (χ0v) is 14.5. The van der Waals surface area contributed by atoms with Gasteiger partial charge in [0.05, 0.1) is 0 Å². The van der Waals surface area contributed by atoms with Crippen molar-refractivity contribution in [3.05, 3.63) is 71.8 Å². The molecule has 0 aromatic heterocycles. The topological polar surface area (TPSA) is 151 Å². The quantitative estimate of drug-likeness (QED) is 0.621. The van der Waals surface area contributed by atoms with Gasteiger partial charge < -0.3 is 19.7 Å². The van der Waals surface area contributed by atoms with E-state index in [4.69, 9.17) is 10.2 Å². The van der Waals surface area contributed by atoms with Gasteiger partial charge in [-0.1, -0.05) is 60.7 Å². The number of benzene rings is 2. The molecule has 0 saturated carbocycles. The van der Waals surface area contributed by atoms with Crippen LogP contribution in [0.15, 0.2) is 60.7 Å². The van der Waals surface area contributed by atoms with Crippen LogP contribution in [0, 0.1) is 0 Å². The Morgan fingerprint density at radius 3 is 1.25 bits per heavy atom. The molecule has 10 nitrogen and oxygen atoms in total. The molecular formula is C18H18N2O8. The van der Waals surface area contributed by atoms with Gasteiger partial charge in [-0.15, -0.1) is 0 Å². The van der Waals surface area contributed by atoms with Crippen molar-refractivity contribution in [2.75, 3.05) is 0 Å². The van der Waals surface area contributed by atoms with Crippen molar-refractivity contribution >= 4 is 24.4 Å². The second-order valence-electron chi connectivity index (χ2n) is 4.98. The molecule has 148 valence electrons. The summed E-state index contributed by atoms with van der Waals surface area (Å²) in [5, 5.41) is 19.5. The van der Waals surface area contributed by atoms with Gasteiger partial charge in [-0.25, -0.2) is 29.8 Å². The van der Waals surface area contributed by atoms with E-state index in [0.717, 1.165) is 11.1 Å². The summed E-state index contributed by atoms with van der Waals surface area (Å²) in [6.07, 6.45) is -4.80. The molecular weight excluding hydrogens is 372 g/mol. The van der Waals surface area contributed by atoms with Crippen molar-refractivity contribution in [3.63, 3.8) is 0 Å². The molecule has 2 aromatic carbocycles. The Morgan fingerprint density at radius 1 is 0.643 bits per heavy atom. The van der Waals surface area contributed by atoms with Crippen molar-refractivity contribution in [3.8, 4) is 0 Å². The largest absolute Gasteiger partial charge is 0.465 e. The third-order valence-corrected chi connectivity index (χ3v) is 2.84. The van der Waals surface area contributed by atoms with Crippen LogP contribution in [0.4, 0.5) is 19.2 Å². The summed E-state index contributed by atoms with van der Waals surface area (Å²) >= 11 is 0. The molecule has 2 rings (SSSR count). The highest BCUT2D eigenvalue weighted by molar-refractivity contribution is 5.86. The maximum atomic E-state index is 10.7. The Bertz CT molecular complexity index is 713. The number of alkyl carbamates (subject to hydrolysis) is 2. The summed E-state index contributed by atoms with van der Waals surface area (Å²) in [6.45, 7) is 0.111. The summed E-state index contributed by atoms with van der Waals surface area (Å²) < 4.78 is 9.22. The van der Waals surface area contributed by atoms with Crippen molar-refractivity contribution < 1.29 is 38.9 Å². The van der Waals surface area contributed by atoms with Crippen molar-refractivity contribution in [2.45, 2.75) is 13.2 Å². The molecule has 10 heteroatoms. The third-order valence-electron chi connectivity index (χ3n) is 2.84. The smallest absolute Gasteiger partial charge is 0.416 e. The fourth-order valence-corrected chi connectivity index (χ4v) is 1.69. The van der Waals surface area contributed by atoms with Crippen LogP contribution < -0.4 is 10.6 Å². The molecule has 4 amide bonds. The lowest BCUT2D eigenvalue weighted by Gasteiger charge is -2.03. The third kappa shape index (κ3) is 10.7. The zero-order valence-electron chi connectivity index (χ0n) is 14.5. The maximum absolute atomic E-state index is 10.7. The monoisotopic (exact) mass is 390 g/mol. The number of carboxylic acid groups (broad SMARTS) is 2. The highest BCUT2D eigenvalue weighted by atomic mass is 16.6. The number of nitrogens with one attached hydrogen (secondary N) is 2. The predicted molar refractivity (Wildman–Crippen MR) is 95.6 cm³/mol. The van der Waals surface area contributed by atoms with Gasteiger partial charge in [-0.05, 0) is 11.1 Å². The summed E-state index contributed by atoms with van der Waals surface area (Å²) in [5.41, 5.74) is 1.60. The van der Waals surface area contributed by atoms with Gasteiger partial charge in [-0.3, -0.25) is 0 Å². The number of hydrogen-bond donors (Lipinski definition) is 4. The normalized spacial score (nSPS) is 9.14. The van der Waals surface area contributed by atoms with E-state index in [1.807, 2.05) is 12.1 Å². The molecule has 28 heavy (non-hydrogen) atoms. The zero-order chi connectivity index (χ0) is 20.8. The summed E-state index contributed by atoms with van der Waals surface area (Å²) in [7, 11) is 0. The first-order chi connectivity index (χ1) is 13.4. The fourth-order valence-electron chi connectivity index (χ4n) is 1.69. The van der Waals surface area contributed by atoms with Crippen LogP contribution in [0.25, 0.3) is 0 Å². The fraction of sp³-hybridized carbons (Fsp3) is 0.111. The Balaban J connectivity index is 0.000000280. The molecule has 0 spiro atoms. The highest BCUT2D eigenvalue weighted by Crippen LogP contribution is 2.01. The lowest BCUT2D eigenvalue weighted by Crippen LogP contribution is -2.29. The van der Waals surface area contributed by atoms with Gasteiger partial charge in [0.15, 0.2) is 0 Å². The first-order valence-electron chi connectivity index (χ1n) is 7.78. The van der Waals surface area contributed by atoms with E-state index in [0.29, 0.717) is 0 Å². The van der Waals surface area contributed by atoms with Crippen LogP contribution in [0.2, 0.25) is 0 Å². The van der Waals surface area contributed by atoms with Crippen LogP contribution in [0.5, 0.6) is 0 Å². The summed E-state index contributed by atoms with van der Waals surface area (Å²) in [5.74, 6) is 0. The Morgan fingerprint density at radius 2 is 0.964 bits per heavy atom. The Hall–Kier alpha value is -4.08. The first-order valence-corrected chi connectivity index (χ1v) is 7.78. The SMILES string of the molecule is O=C(O)NC(=O)OCc1ccccc1.O=C(O)NC(=O)OCc1ccccc1. The molecule has 0 aliphatic carbocycles. The van der Waals surface area contributed by atoms with Crippen molar-refractivity contribution in [1.82, 2.24) is 10.6 Å². The minimum Gasteiger partial charge on any atom is -0.465 e. The molecule has 4 N–H and O–H groups in total. The molecule has 0 unspecified atom stereocenters. The molecule has 0 bridgehead atoms. The molecule has 0 aliphatic heterocycles. The molecule has 0 saturated heterocycles. The van der Waals surface area contributed by atoms with Crippen LogP contribution in [0.1, 0.15) is 11.1 Å². The molecule has 0 heterocycles. The van der Waals surface area contributed by atoms with E-state index < -0.39 is 24.4 Å². The number of hydrogen-bond acceptors (Lipinski definition) is 6. The standard InChI is InChI=1S/2C9H9NO4/c2*11-8(12)10-9(13)14-6-7-4-2-1-3-5-7/h2*1-5H,6H2,(H,10,13)(H,11,12). The van der Waals surface area contributed by atoms with E-state index >= 15 is 0 Å². The lowest BCUT2D eigenvalue weighted by molar-refractivity contribution is 0.133. The lowest BCUT2D eigenvalue weighted by atomic mass is 10.2. The number of imide groups is 2. The molecule has 0 atom stereocenters. The molecule has 2 aromatic rings. The Kier molecular flexibility index (Phi) is 9.65. The van der Waals surface area contributed by atoms with Crippen molar-refractivity contribution in [2.24, 2.45) is 0 Å². The number of carbonyl (C=O) groups is 4. The van der Waals surface area contributed by atoms with Gasteiger partial charge in [0.1, 0.15) is 13.2 Å². The van der Waals surface area contributed by atoms with Gasteiger partial charge in [0, 0.05) is 0 Å². The molecule has 0 aliphatic rings.